The van der Waals surface area contributed by atoms with Crippen LogP contribution in [0, 0.1) is 0 Å². The van der Waals surface area contributed by atoms with Crippen molar-refractivity contribution in [3.05, 3.63) is 72.1 Å². The van der Waals surface area contributed by atoms with Gasteiger partial charge < -0.3 is 0 Å². The van der Waals surface area contributed by atoms with E-state index < -0.39 is 25.4 Å². The minimum Gasteiger partial charge on any atom is -0.249 e. The SMILES string of the molecule is C=C(S(=O)c1ccccc1)C1(S(=O)(=O)c2ccccc2)CC1. The van der Waals surface area contributed by atoms with Crippen LogP contribution in [0.15, 0.2) is 81.9 Å². The van der Waals surface area contributed by atoms with Gasteiger partial charge in [0.05, 0.1) is 15.7 Å². The summed E-state index contributed by atoms with van der Waals surface area (Å²) in [5.74, 6) is 0. The average Bonchev–Trinajstić information content (AvgIpc) is 3.37. The molecular formula is C17H16O3S2. The maximum absolute atomic E-state index is 12.9. The number of hydrogen-bond donors (Lipinski definition) is 0. The molecule has 0 bridgehead atoms. The molecule has 0 radical (unpaired) electrons. The third-order valence-corrected chi connectivity index (χ3v) is 8.21. The third-order valence-electron chi connectivity index (χ3n) is 3.96. The van der Waals surface area contributed by atoms with Crippen molar-refractivity contribution in [2.45, 2.75) is 27.4 Å². The Kier molecular flexibility index (Phi) is 3.78. The highest BCUT2D eigenvalue weighted by Gasteiger charge is 2.58. The van der Waals surface area contributed by atoms with Gasteiger partial charge in [-0.3, -0.25) is 0 Å². The van der Waals surface area contributed by atoms with E-state index in [0.717, 1.165) is 0 Å². The van der Waals surface area contributed by atoms with E-state index in [-0.39, 0.29) is 9.80 Å². The van der Waals surface area contributed by atoms with Crippen molar-refractivity contribution >= 4 is 20.6 Å². The molecule has 1 aliphatic rings. The van der Waals surface area contributed by atoms with E-state index in [1.54, 1.807) is 54.6 Å². The van der Waals surface area contributed by atoms with E-state index in [9.17, 15) is 12.6 Å². The van der Waals surface area contributed by atoms with Gasteiger partial charge in [-0.05, 0) is 37.1 Å². The highest BCUT2D eigenvalue weighted by Crippen LogP contribution is 2.53. The lowest BCUT2D eigenvalue weighted by Gasteiger charge is -2.18. The second-order valence-electron chi connectivity index (χ2n) is 5.32. The molecule has 2 aromatic rings. The number of rotatable bonds is 5. The van der Waals surface area contributed by atoms with Crippen molar-refractivity contribution in [3.63, 3.8) is 0 Å². The van der Waals surface area contributed by atoms with Gasteiger partial charge in [-0.2, -0.15) is 0 Å². The summed E-state index contributed by atoms with van der Waals surface area (Å²) in [6.07, 6.45) is 0.948. The van der Waals surface area contributed by atoms with Gasteiger partial charge >= 0.3 is 0 Å². The molecule has 1 unspecified atom stereocenters. The minimum absolute atomic E-state index is 0.263. The summed E-state index contributed by atoms with van der Waals surface area (Å²) in [5.41, 5.74) is 0. The van der Waals surface area contributed by atoms with E-state index in [0.29, 0.717) is 17.7 Å². The fourth-order valence-corrected chi connectivity index (χ4v) is 6.18. The van der Waals surface area contributed by atoms with Crippen molar-refractivity contribution in [3.8, 4) is 0 Å². The zero-order valence-electron chi connectivity index (χ0n) is 11.9. The summed E-state index contributed by atoms with van der Waals surface area (Å²) in [7, 11) is -5.10. The first-order valence-electron chi connectivity index (χ1n) is 6.95. The lowest BCUT2D eigenvalue weighted by atomic mass is 10.4. The Hall–Kier alpha value is -1.72. The van der Waals surface area contributed by atoms with Gasteiger partial charge in [0, 0.05) is 9.80 Å². The van der Waals surface area contributed by atoms with E-state index >= 15 is 0 Å². The molecule has 1 saturated carbocycles. The van der Waals surface area contributed by atoms with Crippen LogP contribution < -0.4 is 0 Å². The van der Waals surface area contributed by atoms with Gasteiger partial charge in [-0.25, -0.2) is 12.6 Å². The van der Waals surface area contributed by atoms with Crippen molar-refractivity contribution in [1.82, 2.24) is 0 Å². The Morgan fingerprint density at radius 1 is 0.955 bits per heavy atom. The zero-order valence-corrected chi connectivity index (χ0v) is 13.6. The number of benzene rings is 2. The standard InChI is InChI=1S/C17H16O3S2/c1-14(21(18)15-8-4-2-5-9-15)17(12-13-17)22(19,20)16-10-6-3-7-11-16/h2-11H,1,12-13H2. The fourth-order valence-electron chi connectivity index (χ4n) is 2.49. The predicted octanol–water partition coefficient (Wildman–Crippen LogP) is 3.31. The molecule has 114 valence electrons. The molecule has 0 aliphatic heterocycles. The molecular weight excluding hydrogens is 316 g/mol. The molecule has 0 aromatic heterocycles. The highest BCUT2D eigenvalue weighted by molar-refractivity contribution is 7.96. The lowest BCUT2D eigenvalue weighted by molar-refractivity contribution is 0.586. The molecule has 3 nitrogen and oxygen atoms in total. The van der Waals surface area contributed by atoms with E-state index in [1.165, 1.54) is 0 Å². The summed E-state index contributed by atoms with van der Waals surface area (Å²) in [4.78, 5) is 1.13. The van der Waals surface area contributed by atoms with Crippen LogP contribution in [0.2, 0.25) is 0 Å². The van der Waals surface area contributed by atoms with E-state index in [2.05, 4.69) is 6.58 Å². The Bertz CT molecular complexity index is 821. The summed E-state index contributed by atoms with van der Waals surface area (Å²) in [6.45, 7) is 3.88. The van der Waals surface area contributed by atoms with Crippen LogP contribution in [-0.2, 0) is 20.6 Å². The topological polar surface area (TPSA) is 51.2 Å². The largest absolute Gasteiger partial charge is 0.249 e. The van der Waals surface area contributed by atoms with Gasteiger partial charge in [0.15, 0.2) is 9.84 Å². The van der Waals surface area contributed by atoms with Gasteiger partial charge in [0.25, 0.3) is 0 Å². The summed E-state index contributed by atoms with van der Waals surface area (Å²) >= 11 is 0. The van der Waals surface area contributed by atoms with Crippen LogP contribution in [0.1, 0.15) is 12.8 Å². The Morgan fingerprint density at radius 2 is 1.45 bits per heavy atom. The summed E-state index contributed by atoms with van der Waals surface area (Å²) in [5, 5.41) is 0. The second-order valence-corrected chi connectivity index (χ2v) is 9.08. The smallest absolute Gasteiger partial charge is 0.188 e. The second kappa shape index (κ2) is 5.48. The lowest BCUT2D eigenvalue weighted by Crippen LogP contribution is -2.27. The normalized spacial score (nSPS) is 17.6. The van der Waals surface area contributed by atoms with Crippen LogP contribution in [0.4, 0.5) is 0 Å². The molecule has 0 N–H and O–H groups in total. The van der Waals surface area contributed by atoms with Gasteiger partial charge in [0.2, 0.25) is 0 Å². The van der Waals surface area contributed by atoms with Crippen LogP contribution in [0.3, 0.4) is 0 Å². The molecule has 2 aromatic carbocycles. The van der Waals surface area contributed by atoms with Crippen LogP contribution in [-0.4, -0.2) is 17.4 Å². The molecule has 1 aliphatic carbocycles. The summed E-state index contributed by atoms with van der Waals surface area (Å²) in [6, 6.07) is 17.2. The molecule has 5 heteroatoms. The van der Waals surface area contributed by atoms with Crippen LogP contribution in [0.25, 0.3) is 0 Å². The zero-order chi connectivity index (χ0) is 15.8. The number of sulfone groups is 1. The van der Waals surface area contributed by atoms with Crippen LogP contribution >= 0.6 is 0 Å². The molecule has 3 rings (SSSR count). The summed E-state index contributed by atoms with van der Waals surface area (Å²) < 4.78 is 37.4. The van der Waals surface area contributed by atoms with Crippen molar-refractivity contribution in [2.75, 3.05) is 0 Å². The average molecular weight is 332 g/mol. The maximum Gasteiger partial charge on any atom is 0.188 e. The first kappa shape index (κ1) is 15.2. The van der Waals surface area contributed by atoms with E-state index in [4.69, 9.17) is 0 Å². The van der Waals surface area contributed by atoms with Gasteiger partial charge in [-0.15, -0.1) is 0 Å². The Balaban J connectivity index is 1.98. The fraction of sp³-hybridized carbons (Fsp3) is 0.176. The monoisotopic (exact) mass is 332 g/mol. The first-order valence-corrected chi connectivity index (χ1v) is 9.58. The van der Waals surface area contributed by atoms with E-state index in [1.807, 2.05) is 6.07 Å². The van der Waals surface area contributed by atoms with Gasteiger partial charge in [-0.1, -0.05) is 43.0 Å². The Morgan fingerprint density at radius 3 is 1.95 bits per heavy atom. The van der Waals surface area contributed by atoms with Crippen molar-refractivity contribution < 1.29 is 12.6 Å². The van der Waals surface area contributed by atoms with Crippen LogP contribution in [0.5, 0.6) is 0 Å². The molecule has 0 amide bonds. The molecule has 1 atom stereocenters. The molecule has 0 heterocycles. The van der Waals surface area contributed by atoms with Crippen molar-refractivity contribution in [2.24, 2.45) is 0 Å². The molecule has 22 heavy (non-hydrogen) atoms. The molecule has 1 fully saturated rings. The molecule has 0 spiro atoms. The highest BCUT2D eigenvalue weighted by atomic mass is 32.2. The maximum atomic E-state index is 12.9. The predicted molar refractivity (Wildman–Crippen MR) is 87.6 cm³/mol. The molecule has 0 saturated heterocycles. The quantitative estimate of drug-likeness (QED) is 0.844. The van der Waals surface area contributed by atoms with Crippen molar-refractivity contribution in [1.29, 1.82) is 0 Å². The Labute approximate surface area is 133 Å². The third kappa shape index (κ3) is 2.34. The number of hydrogen-bond acceptors (Lipinski definition) is 3. The minimum atomic E-state index is -3.57. The van der Waals surface area contributed by atoms with Gasteiger partial charge in [0.1, 0.15) is 4.75 Å². The first-order chi connectivity index (χ1) is 10.5.